The summed E-state index contributed by atoms with van der Waals surface area (Å²) in [6, 6.07) is 5.08. The minimum atomic E-state index is -0.950. The number of fused-ring (bicyclic) bond motifs is 1. The van der Waals surface area contributed by atoms with Crippen molar-refractivity contribution < 1.29 is 19.2 Å². The summed E-state index contributed by atoms with van der Waals surface area (Å²) in [7, 11) is 0. The molecular weight excluding hydrogens is 262 g/mol. The van der Waals surface area contributed by atoms with Gasteiger partial charge in [0.25, 0.3) is 11.8 Å². The number of nitrogens with one attached hydrogen (secondary N) is 2. The van der Waals surface area contributed by atoms with Crippen molar-refractivity contribution in [1.82, 2.24) is 10.6 Å². The predicted molar refractivity (Wildman–Crippen MR) is 68.6 cm³/mol. The van der Waals surface area contributed by atoms with Gasteiger partial charge in [0.15, 0.2) is 0 Å². The zero-order valence-electron chi connectivity index (χ0n) is 10.5. The highest BCUT2D eigenvalue weighted by Gasteiger charge is 2.25. The fraction of sp³-hybridized carbons (Fsp3) is 0.231. The Morgan fingerprint density at radius 3 is 2.30 bits per heavy atom. The van der Waals surface area contributed by atoms with Crippen LogP contribution in [0.4, 0.5) is 0 Å². The Labute approximate surface area is 114 Å². The van der Waals surface area contributed by atoms with E-state index in [2.05, 4.69) is 10.6 Å². The average Bonchev–Trinajstić information content (AvgIpc) is 2.42. The molecule has 104 valence electrons. The van der Waals surface area contributed by atoms with Crippen molar-refractivity contribution in [3.05, 3.63) is 35.4 Å². The Bertz CT molecular complexity index is 597. The topological polar surface area (TPSA) is 118 Å². The van der Waals surface area contributed by atoms with E-state index in [0.29, 0.717) is 0 Å². The third-order valence-corrected chi connectivity index (χ3v) is 2.98. The lowest BCUT2D eigenvalue weighted by Crippen LogP contribution is -2.46. The molecule has 0 spiro atoms. The van der Waals surface area contributed by atoms with E-state index in [1.165, 1.54) is 12.1 Å². The van der Waals surface area contributed by atoms with Crippen molar-refractivity contribution in [2.24, 2.45) is 5.73 Å². The molecule has 1 atom stereocenters. The molecule has 7 nitrogen and oxygen atoms in total. The molecule has 4 amide bonds. The standard InChI is InChI=1S/C13H13N3O4/c14-11(18)9-5-6-10(17)16-13(20)8-4-2-1-3-7(8)12(19)15-9/h1-4,9H,5-6H2,(H2,14,18)(H,15,19)(H,16,17,20)/t9-/m0/s1. The molecule has 1 aliphatic rings. The molecule has 1 heterocycles. The summed E-state index contributed by atoms with van der Waals surface area (Å²) in [5.74, 6) is -2.46. The molecule has 0 fully saturated rings. The maximum absolute atomic E-state index is 12.1. The Kier molecular flexibility index (Phi) is 3.79. The van der Waals surface area contributed by atoms with Crippen LogP contribution in [-0.4, -0.2) is 29.7 Å². The Morgan fingerprint density at radius 1 is 1.10 bits per heavy atom. The Hall–Kier alpha value is -2.70. The van der Waals surface area contributed by atoms with Crippen LogP contribution in [0.2, 0.25) is 0 Å². The smallest absolute Gasteiger partial charge is 0.258 e. The Balaban J connectivity index is 2.42. The molecule has 1 aromatic carbocycles. The Morgan fingerprint density at radius 2 is 1.70 bits per heavy atom. The molecule has 0 aromatic heterocycles. The number of benzene rings is 1. The van der Waals surface area contributed by atoms with Gasteiger partial charge in [0, 0.05) is 6.42 Å². The maximum Gasteiger partial charge on any atom is 0.258 e. The van der Waals surface area contributed by atoms with E-state index in [-0.39, 0.29) is 24.0 Å². The summed E-state index contributed by atoms with van der Waals surface area (Å²) in [6.07, 6.45) is -0.0376. The average molecular weight is 275 g/mol. The number of amides is 4. The number of hydrogen-bond donors (Lipinski definition) is 3. The van der Waals surface area contributed by atoms with Gasteiger partial charge in [-0.05, 0) is 18.6 Å². The van der Waals surface area contributed by atoms with Crippen molar-refractivity contribution in [2.45, 2.75) is 18.9 Å². The molecule has 0 radical (unpaired) electrons. The summed E-state index contributed by atoms with van der Waals surface area (Å²) >= 11 is 0. The lowest BCUT2D eigenvalue weighted by atomic mass is 10.0. The van der Waals surface area contributed by atoms with Crippen molar-refractivity contribution >= 4 is 23.6 Å². The molecule has 7 heteroatoms. The third-order valence-electron chi connectivity index (χ3n) is 2.98. The van der Waals surface area contributed by atoms with Gasteiger partial charge in [0.1, 0.15) is 6.04 Å². The molecule has 0 unspecified atom stereocenters. The number of imide groups is 1. The second-order valence-electron chi connectivity index (χ2n) is 4.39. The van der Waals surface area contributed by atoms with Gasteiger partial charge in [0.05, 0.1) is 11.1 Å². The van der Waals surface area contributed by atoms with Crippen molar-refractivity contribution in [3.8, 4) is 0 Å². The van der Waals surface area contributed by atoms with Crippen molar-refractivity contribution in [1.29, 1.82) is 0 Å². The van der Waals surface area contributed by atoms with E-state index < -0.39 is 29.7 Å². The minimum absolute atomic E-state index is 0.0440. The predicted octanol–water partition coefficient (Wildman–Crippen LogP) is -0.679. The monoisotopic (exact) mass is 275 g/mol. The van der Waals surface area contributed by atoms with Gasteiger partial charge in [-0.2, -0.15) is 0 Å². The summed E-state index contributed by atoms with van der Waals surface area (Å²) in [6.45, 7) is 0. The van der Waals surface area contributed by atoms with E-state index in [9.17, 15) is 19.2 Å². The molecule has 20 heavy (non-hydrogen) atoms. The lowest BCUT2D eigenvalue weighted by Gasteiger charge is -2.18. The first-order valence-corrected chi connectivity index (χ1v) is 6.02. The first-order chi connectivity index (χ1) is 9.49. The van der Waals surface area contributed by atoms with Gasteiger partial charge in [-0.3, -0.25) is 24.5 Å². The number of carbonyl (C=O) groups excluding carboxylic acids is 4. The highest BCUT2D eigenvalue weighted by Crippen LogP contribution is 2.11. The summed E-state index contributed by atoms with van der Waals surface area (Å²) in [4.78, 5) is 46.8. The molecule has 0 aliphatic carbocycles. The molecule has 4 N–H and O–H groups in total. The van der Waals surface area contributed by atoms with Crippen LogP contribution in [0, 0.1) is 0 Å². The van der Waals surface area contributed by atoms with Gasteiger partial charge in [-0.15, -0.1) is 0 Å². The first-order valence-electron chi connectivity index (χ1n) is 6.02. The highest BCUT2D eigenvalue weighted by atomic mass is 16.2. The third kappa shape index (κ3) is 2.82. The molecule has 1 aromatic rings. The zero-order valence-corrected chi connectivity index (χ0v) is 10.5. The number of nitrogens with two attached hydrogens (primary N) is 1. The number of rotatable bonds is 1. The van der Waals surface area contributed by atoms with Gasteiger partial charge in [-0.25, -0.2) is 0 Å². The number of hydrogen-bond acceptors (Lipinski definition) is 4. The van der Waals surface area contributed by atoms with Gasteiger partial charge < -0.3 is 11.1 Å². The molecule has 0 saturated carbocycles. The van der Waals surface area contributed by atoms with Crippen LogP contribution in [0.1, 0.15) is 33.6 Å². The van der Waals surface area contributed by atoms with E-state index in [1.807, 2.05) is 0 Å². The SMILES string of the molecule is NC(=O)[C@@H]1CCC(=O)NC(=O)c2ccccc2C(=O)N1. The second-order valence-corrected chi connectivity index (χ2v) is 4.39. The van der Waals surface area contributed by atoms with Crippen LogP contribution in [0.25, 0.3) is 0 Å². The molecule has 1 aliphatic heterocycles. The van der Waals surface area contributed by atoms with Gasteiger partial charge >= 0.3 is 0 Å². The molecule has 0 bridgehead atoms. The maximum atomic E-state index is 12.1. The van der Waals surface area contributed by atoms with Crippen molar-refractivity contribution in [2.75, 3.05) is 0 Å². The van der Waals surface area contributed by atoms with E-state index in [0.717, 1.165) is 0 Å². The molecule has 0 saturated heterocycles. The fourth-order valence-electron chi connectivity index (χ4n) is 1.93. The van der Waals surface area contributed by atoms with Crippen LogP contribution < -0.4 is 16.4 Å². The quantitative estimate of drug-likeness (QED) is 0.588. The van der Waals surface area contributed by atoms with Crippen LogP contribution in [0.15, 0.2) is 24.3 Å². The highest BCUT2D eigenvalue weighted by molar-refractivity contribution is 6.12. The summed E-state index contributed by atoms with van der Waals surface area (Å²) in [5, 5.41) is 4.61. The first kappa shape index (κ1) is 13.7. The van der Waals surface area contributed by atoms with E-state index >= 15 is 0 Å². The largest absolute Gasteiger partial charge is 0.368 e. The number of primary amides is 1. The van der Waals surface area contributed by atoms with E-state index in [1.54, 1.807) is 12.1 Å². The summed E-state index contributed by atoms with van der Waals surface area (Å²) < 4.78 is 0. The van der Waals surface area contributed by atoms with Gasteiger partial charge in [0.2, 0.25) is 11.8 Å². The van der Waals surface area contributed by atoms with Crippen LogP contribution >= 0.6 is 0 Å². The van der Waals surface area contributed by atoms with Crippen molar-refractivity contribution in [3.63, 3.8) is 0 Å². The van der Waals surface area contributed by atoms with Gasteiger partial charge in [-0.1, -0.05) is 12.1 Å². The normalized spacial score (nSPS) is 19.6. The molecular formula is C13H13N3O4. The van der Waals surface area contributed by atoms with E-state index in [4.69, 9.17) is 5.73 Å². The summed E-state index contributed by atoms with van der Waals surface area (Å²) in [5.41, 5.74) is 5.34. The second kappa shape index (κ2) is 5.52. The molecule has 2 rings (SSSR count). The fourth-order valence-corrected chi connectivity index (χ4v) is 1.93. The lowest BCUT2D eigenvalue weighted by molar-refractivity contribution is -0.121. The minimum Gasteiger partial charge on any atom is -0.368 e. The number of carbonyl (C=O) groups is 4. The zero-order chi connectivity index (χ0) is 14.7. The van der Waals surface area contributed by atoms with Crippen LogP contribution in [-0.2, 0) is 9.59 Å². The van der Waals surface area contributed by atoms with Crippen LogP contribution in [0.5, 0.6) is 0 Å². The van der Waals surface area contributed by atoms with Crippen LogP contribution in [0.3, 0.4) is 0 Å².